The number of benzene rings is 1. The van der Waals surface area contributed by atoms with Gasteiger partial charge in [0.1, 0.15) is 0 Å². The average Bonchev–Trinajstić information content (AvgIpc) is 2.92. The molecule has 23 heavy (non-hydrogen) atoms. The van der Waals surface area contributed by atoms with Gasteiger partial charge >= 0.3 is 0 Å². The summed E-state index contributed by atoms with van der Waals surface area (Å²) in [7, 11) is 0. The van der Waals surface area contributed by atoms with E-state index in [0.717, 1.165) is 74.5 Å². The van der Waals surface area contributed by atoms with E-state index in [-0.39, 0.29) is 11.7 Å². The molecular formula is C18H23N3O2. The maximum Gasteiger partial charge on any atom is 0.231 e. The third-order valence-electron chi connectivity index (χ3n) is 5.25. The van der Waals surface area contributed by atoms with Crippen LogP contribution in [0.15, 0.2) is 12.1 Å². The zero-order valence-electron chi connectivity index (χ0n) is 13.4. The Labute approximate surface area is 136 Å². The Kier molecular flexibility index (Phi) is 3.91. The SMILES string of the molecule is O=C(CCN1CCNCC1)c1ccc2c3c1CCCN3C(=O)C2. The second-order valence-corrected chi connectivity index (χ2v) is 6.69. The number of carbonyl (C=O) groups excluding carboxylic acids is 2. The Morgan fingerprint density at radius 1 is 1.17 bits per heavy atom. The Morgan fingerprint density at radius 2 is 2.00 bits per heavy atom. The maximum absolute atomic E-state index is 12.7. The van der Waals surface area contributed by atoms with Crippen molar-refractivity contribution in [3.63, 3.8) is 0 Å². The van der Waals surface area contributed by atoms with Crippen LogP contribution in [0.4, 0.5) is 5.69 Å². The molecule has 122 valence electrons. The summed E-state index contributed by atoms with van der Waals surface area (Å²) < 4.78 is 0. The molecule has 3 heterocycles. The molecule has 3 aliphatic heterocycles. The van der Waals surface area contributed by atoms with Gasteiger partial charge in [-0.1, -0.05) is 12.1 Å². The summed E-state index contributed by atoms with van der Waals surface area (Å²) in [6, 6.07) is 3.94. The molecule has 1 saturated heterocycles. The van der Waals surface area contributed by atoms with Crippen LogP contribution in [0.2, 0.25) is 0 Å². The van der Waals surface area contributed by atoms with E-state index >= 15 is 0 Å². The van der Waals surface area contributed by atoms with E-state index in [1.54, 1.807) is 0 Å². The average molecular weight is 313 g/mol. The van der Waals surface area contributed by atoms with Gasteiger partial charge in [-0.15, -0.1) is 0 Å². The van der Waals surface area contributed by atoms with Crippen molar-refractivity contribution in [1.82, 2.24) is 10.2 Å². The van der Waals surface area contributed by atoms with E-state index in [4.69, 9.17) is 0 Å². The van der Waals surface area contributed by atoms with E-state index in [2.05, 4.69) is 10.2 Å². The normalized spacial score (nSPS) is 20.7. The molecule has 0 bridgehead atoms. The molecule has 1 aromatic rings. The monoisotopic (exact) mass is 313 g/mol. The van der Waals surface area contributed by atoms with Crippen molar-refractivity contribution in [3.8, 4) is 0 Å². The lowest BCUT2D eigenvalue weighted by Gasteiger charge is -2.28. The van der Waals surface area contributed by atoms with Crippen LogP contribution in [0.3, 0.4) is 0 Å². The summed E-state index contributed by atoms with van der Waals surface area (Å²) in [5, 5.41) is 3.33. The summed E-state index contributed by atoms with van der Waals surface area (Å²) >= 11 is 0. The molecule has 1 amide bonds. The minimum Gasteiger partial charge on any atom is -0.314 e. The number of ketones is 1. The van der Waals surface area contributed by atoms with E-state index in [1.807, 2.05) is 17.0 Å². The first-order chi connectivity index (χ1) is 11.2. The third kappa shape index (κ3) is 2.68. The van der Waals surface area contributed by atoms with Gasteiger partial charge in [-0.3, -0.25) is 9.59 Å². The number of amides is 1. The third-order valence-corrected chi connectivity index (χ3v) is 5.25. The fourth-order valence-corrected chi connectivity index (χ4v) is 4.04. The van der Waals surface area contributed by atoms with Crippen LogP contribution in [-0.4, -0.2) is 55.9 Å². The lowest BCUT2D eigenvalue weighted by Crippen LogP contribution is -2.44. The molecule has 1 fully saturated rings. The van der Waals surface area contributed by atoms with Gasteiger partial charge < -0.3 is 15.1 Å². The summed E-state index contributed by atoms with van der Waals surface area (Å²) in [6.45, 7) is 5.70. The van der Waals surface area contributed by atoms with Crippen molar-refractivity contribution in [2.45, 2.75) is 25.7 Å². The largest absolute Gasteiger partial charge is 0.314 e. The summed E-state index contributed by atoms with van der Waals surface area (Å²) in [5.74, 6) is 0.411. The topological polar surface area (TPSA) is 52.7 Å². The predicted octanol–water partition coefficient (Wildman–Crippen LogP) is 1.000. The molecule has 0 unspecified atom stereocenters. The summed E-state index contributed by atoms with van der Waals surface area (Å²) in [5.41, 5.74) is 4.11. The number of Topliss-reactive ketones (excluding diaryl/α,β-unsaturated/α-hetero) is 1. The first-order valence-electron chi connectivity index (χ1n) is 8.65. The van der Waals surface area contributed by atoms with E-state index in [0.29, 0.717) is 12.8 Å². The molecule has 0 radical (unpaired) electrons. The highest BCUT2D eigenvalue weighted by Crippen LogP contribution is 2.38. The first-order valence-corrected chi connectivity index (χ1v) is 8.65. The highest BCUT2D eigenvalue weighted by Gasteiger charge is 2.34. The molecule has 3 aliphatic rings. The first kappa shape index (κ1) is 14.8. The minimum absolute atomic E-state index is 0.186. The number of piperazine rings is 1. The van der Waals surface area contributed by atoms with Crippen LogP contribution in [-0.2, 0) is 17.6 Å². The Hall–Kier alpha value is -1.72. The molecule has 5 heteroatoms. The van der Waals surface area contributed by atoms with Crippen LogP contribution in [0.25, 0.3) is 0 Å². The number of anilines is 1. The molecule has 1 N–H and O–H groups in total. The number of nitrogens with zero attached hydrogens (tertiary/aromatic N) is 2. The number of hydrogen-bond acceptors (Lipinski definition) is 4. The summed E-state index contributed by atoms with van der Waals surface area (Å²) in [6.07, 6.45) is 2.94. The molecular weight excluding hydrogens is 290 g/mol. The highest BCUT2D eigenvalue weighted by molar-refractivity contribution is 6.06. The van der Waals surface area contributed by atoms with Crippen LogP contribution >= 0.6 is 0 Å². The van der Waals surface area contributed by atoms with E-state index in [9.17, 15) is 9.59 Å². The zero-order chi connectivity index (χ0) is 15.8. The fourth-order valence-electron chi connectivity index (χ4n) is 4.04. The van der Waals surface area contributed by atoms with Crippen molar-refractivity contribution in [1.29, 1.82) is 0 Å². The smallest absolute Gasteiger partial charge is 0.231 e. The van der Waals surface area contributed by atoms with Gasteiger partial charge in [0.15, 0.2) is 5.78 Å². The zero-order valence-corrected chi connectivity index (χ0v) is 13.4. The molecule has 4 rings (SSSR count). The van der Waals surface area contributed by atoms with Crippen LogP contribution < -0.4 is 10.2 Å². The van der Waals surface area contributed by atoms with Gasteiger partial charge in [0.2, 0.25) is 5.91 Å². The van der Waals surface area contributed by atoms with Gasteiger partial charge in [-0.2, -0.15) is 0 Å². The summed E-state index contributed by atoms with van der Waals surface area (Å²) in [4.78, 5) is 29.1. The standard InChI is InChI=1S/C18H23N3O2/c22-16(5-9-20-10-6-19-7-11-20)14-4-3-13-12-17(23)21-8-1-2-15(14)18(13)21/h3-4,19H,1-2,5-12H2. The van der Waals surface area contributed by atoms with Crippen molar-refractivity contribution in [2.24, 2.45) is 0 Å². The Balaban J connectivity index is 1.53. The quantitative estimate of drug-likeness (QED) is 0.843. The molecule has 1 aromatic carbocycles. The number of carbonyl (C=O) groups is 2. The van der Waals surface area contributed by atoms with Crippen LogP contribution in [0.5, 0.6) is 0 Å². The molecule has 0 aliphatic carbocycles. The Morgan fingerprint density at radius 3 is 2.83 bits per heavy atom. The molecule has 0 saturated carbocycles. The van der Waals surface area contributed by atoms with Crippen molar-refractivity contribution in [3.05, 3.63) is 28.8 Å². The predicted molar refractivity (Wildman–Crippen MR) is 89.1 cm³/mol. The van der Waals surface area contributed by atoms with Gasteiger partial charge in [-0.25, -0.2) is 0 Å². The highest BCUT2D eigenvalue weighted by atomic mass is 16.2. The van der Waals surface area contributed by atoms with Crippen LogP contribution in [0, 0.1) is 0 Å². The number of hydrogen-bond donors (Lipinski definition) is 1. The molecule has 0 atom stereocenters. The maximum atomic E-state index is 12.7. The van der Waals surface area contributed by atoms with Gasteiger partial charge in [-0.05, 0) is 24.0 Å². The van der Waals surface area contributed by atoms with Crippen molar-refractivity contribution < 1.29 is 9.59 Å². The lowest BCUT2D eigenvalue weighted by molar-refractivity contribution is -0.117. The number of rotatable bonds is 4. The van der Waals surface area contributed by atoms with Crippen molar-refractivity contribution >= 4 is 17.4 Å². The lowest BCUT2D eigenvalue weighted by atomic mass is 9.91. The van der Waals surface area contributed by atoms with Crippen LogP contribution in [0.1, 0.15) is 34.3 Å². The van der Waals surface area contributed by atoms with Gasteiger partial charge in [0.05, 0.1) is 12.1 Å². The second-order valence-electron chi connectivity index (χ2n) is 6.69. The van der Waals surface area contributed by atoms with Crippen molar-refractivity contribution in [2.75, 3.05) is 44.2 Å². The molecule has 5 nitrogen and oxygen atoms in total. The van der Waals surface area contributed by atoms with E-state index < -0.39 is 0 Å². The fraction of sp³-hybridized carbons (Fsp3) is 0.556. The number of nitrogens with one attached hydrogen (secondary N) is 1. The molecule has 0 aromatic heterocycles. The second kappa shape index (κ2) is 6.06. The Bertz CT molecular complexity index is 650. The van der Waals surface area contributed by atoms with Gasteiger partial charge in [0.25, 0.3) is 0 Å². The van der Waals surface area contributed by atoms with E-state index in [1.165, 1.54) is 0 Å². The minimum atomic E-state index is 0.186. The molecule has 0 spiro atoms. The van der Waals surface area contributed by atoms with Gasteiger partial charge in [0, 0.05) is 51.3 Å².